The number of nitrogens with two attached hydrogens (primary N) is 1. The number of allylic oxidation sites excluding steroid dienone is 1. The molecule has 0 spiro atoms. The van der Waals surface area contributed by atoms with Gasteiger partial charge in [-0.25, -0.2) is 4.98 Å². The van der Waals surface area contributed by atoms with E-state index in [1.165, 1.54) is 12.1 Å². The van der Waals surface area contributed by atoms with Crippen LogP contribution in [-0.4, -0.2) is 34.4 Å². The van der Waals surface area contributed by atoms with Crippen LogP contribution in [0.25, 0.3) is 0 Å². The van der Waals surface area contributed by atoms with Crippen LogP contribution in [0.5, 0.6) is 0 Å². The Labute approximate surface area is 150 Å². The second-order valence-electron chi connectivity index (χ2n) is 7.06. The number of amidine groups is 1. The van der Waals surface area contributed by atoms with Gasteiger partial charge in [0.15, 0.2) is 0 Å². The molecule has 26 heavy (non-hydrogen) atoms. The van der Waals surface area contributed by atoms with E-state index in [2.05, 4.69) is 9.98 Å². The minimum absolute atomic E-state index is 0. The summed E-state index contributed by atoms with van der Waals surface area (Å²) < 4.78 is 37.8. The summed E-state index contributed by atoms with van der Waals surface area (Å²) in [5, 5.41) is 9.88. The van der Waals surface area contributed by atoms with Crippen molar-refractivity contribution in [2.24, 2.45) is 16.1 Å². The van der Waals surface area contributed by atoms with E-state index < -0.39 is 29.1 Å². The third kappa shape index (κ3) is 4.53. The van der Waals surface area contributed by atoms with Crippen LogP contribution in [0.3, 0.4) is 0 Å². The maximum Gasteiger partial charge on any atom is 0.417 e. The number of halogens is 3. The van der Waals surface area contributed by atoms with Gasteiger partial charge in [-0.15, -0.1) is 0 Å². The van der Waals surface area contributed by atoms with Crippen molar-refractivity contribution in [3.63, 3.8) is 0 Å². The Morgan fingerprint density at radius 1 is 1.42 bits per heavy atom. The average molecular weight is 372 g/mol. The quantitative estimate of drug-likeness (QED) is 0.483. The van der Waals surface area contributed by atoms with Crippen molar-refractivity contribution in [1.29, 1.82) is 0 Å². The third-order valence-corrected chi connectivity index (χ3v) is 3.97. The molecule has 0 radical (unpaired) electrons. The van der Waals surface area contributed by atoms with Crippen LogP contribution in [0.2, 0.25) is 0 Å². The zero-order valence-electron chi connectivity index (χ0n) is 14.7. The molecular weight excluding hydrogens is 349 g/mol. The van der Waals surface area contributed by atoms with Crippen LogP contribution >= 0.6 is 0 Å². The normalized spacial score (nSPS) is 19.3. The standard InChI is InChI=1S/C17H21F3N4O2.H2/c1-16(2,3)12(25)8-13(21)23-15(26)11-6-7-24(11)14-5-4-10(9-22-14)17(18,19)20;/h4-5,8-9,11,25H,6-7H2,1-3H3,(H2,21,23,26);1H/b12-8-;/t11-;/m0./s1. The van der Waals surface area contributed by atoms with Gasteiger partial charge >= 0.3 is 6.18 Å². The fraction of sp³-hybridized carbons (Fsp3) is 0.471. The van der Waals surface area contributed by atoms with Crippen molar-refractivity contribution in [2.45, 2.75) is 39.4 Å². The molecule has 1 aliphatic rings. The molecule has 0 saturated carbocycles. The van der Waals surface area contributed by atoms with Gasteiger partial charge in [0.25, 0.3) is 5.91 Å². The second kappa shape index (κ2) is 6.97. The fourth-order valence-corrected chi connectivity index (χ4v) is 2.23. The minimum atomic E-state index is -4.46. The first-order chi connectivity index (χ1) is 11.9. The van der Waals surface area contributed by atoms with Crippen LogP contribution in [0.1, 0.15) is 34.2 Å². The lowest BCUT2D eigenvalue weighted by Gasteiger charge is -2.39. The van der Waals surface area contributed by atoms with Crippen LogP contribution in [0.4, 0.5) is 19.0 Å². The highest BCUT2D eigenvalue weighted by molar-refractivity contribution is 6.02. The lowest BCUT2D eigenvalue weighted by atomic mass is 9.93. The predicted octanol–water partition coefficient (Wildman–Crippen LogP) is 3.30. The van der Waals surface area contributed by atoms with E-state index in [4.69, 9.17) is 5.73 Å². The molecule has 1 atom stereocenters. The second-order valence-corrected chi connectivity index (χ2v) is 7.06. The summed E-state index contributed by atoms with van der Waals surface area (Å²) in [6.45, 7) is 5.81. The molecule has 144 valence electrons. The largest absolute Gasteiger partial charge is 0.512 e. The number of aliphatic imine (C=N–C) groups is 1. The van der Waals surface area contributed by atoms with E-state index >= 15 is 0 Å². The number of rotatable bonds is 3. The lowest BCUT2D eigenvalue weighted by Crippen LogP contribution is -2.52. The molecule has 0 bridgehead atoms. The molecule has 1 fully saturated rings. The predicted molar refractivity (Wildman–Crippen MR) is 93.9 cm³/mol. The van der Waals surface area contributed by atoms with Crippen molar-refractivity contribution >= 4 is 17.6 Å². The summed E-state index contributed by atoms with van der Waals surface area (Å²) >= 11 is 0. The van der Waals surface area contributed by atoms with E-state index in [-0.39, 0.29) is 18.8 Å². The van der Waals surface area contributed by atoms with Crippen LogP contribution in [0, 0.1) is 5.41 Å². The number of aliphatic hydroxyl groups excluding tert-OH is 1. The zero-order valence-corrected chi connectivity index (χ0v) is 14.7. The zero-order chi connectivity index (χ0) is 19.7. The van der Waals surface area contributed by atoms with Crippen molar-refractivity contribution in [3.8, 4) is 0 Å². The van der Waals surface area contributed by atoms with Gasteiger partial charge in [-0.05, 0) is 18.6 Å². The Bertz CT molecular complexity index is 740. The number of aromatic nitrogens is 1. The van der Waals surface area contributed by atoms with Crippen molar-refractivity contribution in [2.75, 3.05) is 11.4 Å². The average Bonchev–Trinajstić information content (AvgIpc) is 2.44. The van der Waals surface area contributed by atoms with Gasteiger partial charge in [0.1, 0.15) is 23.5 Å². The molecule has 0 aliphatic carbocycles. The monoisotopic (exact) mass is 372 g/mol. The van der Waals surface area contributed by atoms with Gasteiger partial charge in [-0.1, -0.05) is 20.8 Å². The number of anilines is 1. The van der Waals surface area contributed by atoms with Gasteiger partial charge in [-0.2, -0.15) is 18.2 Å². The third-order valence-electron chi connectivity index (χ3n) is 3.97. The number of hydrogen-bond acceptors (Lipinski definition) is 4. The first-order valence-corrected chi connectivity index (χ1v) is 7.98. The molecule has 1 aromatic rings. The number of nitrogens with zero attached hydrogens (tertiary/aromatic N) is 3. The summed E-state index contributed by atoms with van der Waals surface area (Å²) in [6.07, 6.45) is -2.02. The Morgan fingerprint density at radius 2 is 2.08 bits per heavy atom. The molecule has 1 saturated heterocycles. The Balaban J connectivity index is 0.00000364. The van der Waals surface area contributed by atoms with Gasteiger partial charge in [0.2, 0.25) is 0 Å². The van der Waals surface area contributed by atoms with Crippen LogP contribution in [-0.2, 0) is 11.0 Å². The molecule has 0 aromatic carbocycles. The number of aliphatic hydroxyl groups is 1. The number of pyridine rings is 1. The number of carbonyl (C=O) groups excluding carboxylic acids is 1. The molecule has 6 nitrogen and oxygen atoms in total. The van der Waals surface area contributed by atoms with E-state index in [0.717, 1.165) is 12.3 Å². The Kier molecular flexibility index (Phi) is 5.29. The number of amides is 1. The molecule has 1 aromatic heterocycles. The van der Waals surface area contributed by atoms with E-state index in [9.17, 15) is 23.1 Å². The molecule has 0 unspecified atom stereocenters. The lowest BCUT2D eigenvalue weighted by molar-refractivity contribution is -0.137. The van der Waals surface area contributed by atoms with E-state index in [0.29, 0.717) is 13.0 Å². The first kappa shape index (κ1) is 19.7. The van der Waals surface area contributed by atoms with Gasteiger partial charge < -0.3 is 15.7 Å². The highest BCUT2D eigenvalue weighted by Crippen LogP contribution is 2.31. The summed E-state index contributed by atoms with van der Waals surface area (Å²) in [5.74, 6) is -0.408. The van der Waals surface area contributed by atoms with Crippen molar-refractivity contribution < 1.29 is 24.5 Å². The minimum Gasteiger partial charge on any atom is -0.512 e. The number of hydrogen-bond donors (Lipinski definition) is 2. The van der Waals surface area contributed by atoms with E-state index in [1.807, 2.05) is 0 Å². The van der Waals surface area contributed by atoms with Crippen LogP contribution in [0.15, 0.2) is 35.2 Å². The summed E-state index contributed by atoms with van der Waals surface area (Å²) in [4.78, 5) is 21.3. The number of carbonyl (C=O) groups is 1. The Morgan fingerprint density at radius 3 is 2.50 bits per heavy atom. The van der Waals surface area contributed by atoms with Gasteiger partial charge in [0, 0.05) is 25.7 Å². The molecular formula is C17H23F3N4O2. The smallest absolute Gasteiger partial charge is 0.417 e. The molecule has 9 heteroatoms. The summed E-state index contributed by atoms with van der Waals surface area (Å²) in [5.41, 5.74) is 4.29. The fourth-order valence-electron chi connectivity index (χ4n) is 2.23. The van der Waals surface area contributed by atoms with E-state index in [1.54, 1.807) is 25.7 Å². The highest BCUT2D eigenvalue weighted by Gasteiger charge is 2.36. The topological polar surface area (TPSA) is 91.8 Å². The molecule has 1 amide bonds. The number of alkyl halides is 3. The first-order valence-electron chi connectivity index (χ1n) is 7.98. The Hall–Kier alpha value is -2.58. The van der Waals surface area contributed by atoms with Crippen LogP contribution < -0.4 is 10.6 Å². The highest BCUT2D eigenvalue weighted by atomic mass is 19.4. The maximum absolute atomic E-state index is 12.6. The molecule has 2 rings (SSSR count). The van der Waals surface area contributed by atoms with Gasteiger partial charge in [-0.3, -0.25) is 4.79 Å². The molecule has 1 aliphatic heterocycles. The SMILES string of the molecule is CC(C)(C)/C(O)=C/C(N)=NC(=O)[C@@H]1CCN1c1ccc(C(F)(F)F)cn1.[HH]. The van der Waals surface area contributed by atoms with Gasteiger partial charge in [0.05, 0.1) is 5.56 Å². The maximum atomic E-state index is 12.6. The molecule has 3 N–H and O–H groups in total. The summed E-state index contributed by atoms with van der Waals surface area (Å²) in [7, 11) is 0. The van der Waals surface area contributed by atoms with Crippen molar-refractivity contribution in [1.82, 2.24) is 4.98 Å². The summed E-state index contributed by atoms with van der Waals surface area (Å²) in [6, 6.07) is 1.51. The molecule has 2 heterocycles. The van der Waals surface area contributed by atoms with Crippen molar-refractivity contribution in [3.05, 3.63) is 35.7 Å².